The number of hydrogen-bond donors (Lipinski definition) is 1. The van der Waals surface area contributed by atoms with E-state index in [-0.39, 0.29) is 5.54 Å². The molecule has 4 heteroatoms. The van der Waals surface area contributed by atoms with Gasteiger partial charge in [0.25, 0.3) is 0 Å². The van der Waals surface area contributed by atoms with Gasteiger partial charge in [0, 0.05) is 0 Å². The zero-order chi connectivity index (χ0) is 7.78. The van der Waals surface area contributed by atoms with Gasteiger partial charge in [-0.1, -0.05) is 0 Å². The van der Waals surface area contributed by atoms with E-state index in [0.717, 1.165) is 20.9 Å². The molecule has 1 saturated heterocycles. The minimum atomic E-state index is -0.739. The normalized spacial score (nSPS) is 45.5. The first-order valence-electron chi connectivity index (χ1n) is 3.45. The second kappa shape index (κ2) is 3.28. The van der Waals surface area contributed by atoms with Crippen molar-refractivity contribution >= 4 is 36.1 Å². The Morgan fingerprint density at radius 1 is 1.80 bits per heavy atom. The van der Waals surface area contributed by atoms with E-state index in [9.17, 15) is 0 Å². The third-order valence-corrected chi connectivity index (χ3v) is 7.96. The van der Waals surface area contributed by atoms with Crippen molar-refractivity contribution in [2.45, 2.75) is 17.4 Å². The van der Waals surface area contributed by atoms with E-state index in [2.05, 4.69) is 11.9 Å². The van der Waals surface area contributed by atoms with E-state index >= 15 is 0 Å². The molecule has 0 spiro atoms. The number of hydrogen-bond acceptors (Lipinski definition) is 2. The summed E-state index contributed by atoms with van der Waals surface area (Å²) in [6.07, 6.45) is 0. The summed E-state index contributed by atoms with van der Waals surface area (Å²) in [4.78, 5) is 2.74. The average molecular weight is 271 g/mol. The first-order valence-corrected chi connectivity index (χ1v) is 9.81. The van der Waals surface area contributed by atoms with Crippen molar-refractivity contribution in [3.05, 3.63) is 0 Å². The van der Waals surface area contributed by atoms with E-state index in [4.69, 9.17) is 10.5 Å². The van der Waals surface area contributed by atoms with Gasteiger partial charge in [0.15, 0.2) is 0 Å². The van der Waals surface area contributed by atoms with Crippen molar-refractivity contribution in [1.29, 1.82) is 0 Å². The van der Waals surface area contributed by atoms with Gasteiger partial charge in [-0.2, -0.15) is 0 Å². The zero-order valence-corrected chi connectivity index (χ0v) is 11.0. The molecular formula is C6H15AlINO. The molecule has 60 valence electrons. The minimum absolute atomic E-state index is 0.0179. The molecule has 10 heavy (non-hydrogen) atoms. The van der Waals surface area contributed by atoms with Gasteiger partial charge < -0.3 is 0 Å². The van der Waals surface area contributed by atoms with Gasteiger partial charge in [0.1, 0.15) is 0 Å². The molecule has 1 unspecified atom stereocenters. The molecule has 0 aromatic carbocycles. The van der Waals surface area contributed by atoms with Gasteiger partial charge in [-0.25, -0.2) is 0 Å². The fraction of sp³-hybridized carbons (Fsp3) is 1.00. The molecule has 0 bridgehead atoms. The molecule has 0 aromatic heterocycles. The van der Waals surface area contributed by atoms with Gasteiger partial charge in [-0.05, 0) is 0 Å². The van der Waals surface area contributed by atoms with Gasteiger partial charge in [0.2, 0.25) is 0 Å². The van der Waals surface area contributed by atoms with E-state index in [1.807, 2.05) is 0 Å². The van der Waals surface area contributed by atoms with Crippen LogP contribution in [0.4, 0.5) is 0 Å². The quantitative estimate of drug-likeness (QED) is 0.376. The second-order valence-electron chi connectivity index (χ2n) is 3.28. The van der Waals surface area contributed by atoms with Crippen LogP contribution >= 0.6 is 19.8 Å². The predicted molar refractivity (Wildman–Crippen MR) is 55.7 cm³/mol. The average Bonchev–Trinajstić information content (AvgIpc) is 1.78. The van der Waals surface area contributed by atoms with Crippen molar-refractivity contribution in [1.82, 2.24) is 0 Å². The summed E-state index contributed by atoms with van der Waals surface area (Å²) in [5.74, 6) is 0. The van der Waals surface area contributed by atoms with Gasteiger partial charge in [-0.3, -0.25) is 0 Å². The van der Waals surface area contributed by atoms with Crippen LogP contribution in [-0.2, 0) is 4.74 Å². The van der Waals surface area contributed by atoms with Crippen LogP contribution in [0, 0.1) is 0 Å². The molecule has 2 nitrogen and oxygen atoms in total. The van der Waals surface area contributed by atoms with Gasteiger partial charge >= 0.3 is 78.0 Å². The molecule has 1 aliphatic heterocycles. The summed E-state index contributed by atoms with van der Waals surface area (Å²) in [7, 11) is 0. The van der Waals surface area contributed by atoms with Crippen LogP contribution in [0.25, 0.3) is 0 Å². The molecule has 0 aliphatic carbocycles. The Kier molecular flexibility index (Phi) is 3.04. The first-order chi connectivity index (χ1) is 4.52. The van der Waals surface area contributed by atoms with E-state index in [0.29, 0.717) is 4.97 Å². The molecule has 1 rings (SSSR count). The summed E-state index contributed by atoms with van der Waals surface area (Å²) < 4.78 is 7.94. The Labute approximate surface area is 77.7 Å². The molecule has 0 amide bonds. The van der Waals surface area contributed by atoms with Crippen molar-refractivity contribution in [2.24, 2.45) is 5.73 Å². The van der Waals surface area contributed by atoms with Gasteiger partial charge in [-0.15, -0.1) is 0 Å². The van der Waals surface area contributed by atoms with Crippen LogP contribution in [0.15, 0.2) is 0 Å². The number of alkyl halides is 3. The topological polar surface area (TPSA) is 35.2 Å². The molecule has 0 saturated carbocycles. The van der Waals surface area contributed by atoms with Crippen LogP contribution in [0.1, 0.15) is 6.92 Å². The summed E-state index contributed by atoms with van der Waals surface area (Å²) >= 11 is 0.339. The zero-order valence-electron chi connectivity index (χ0n) is 6.86. The standard InChI is InChI=1S/C6H13INO.Al.2H/c1-6(8)3-7(2)5-9-4-6;;;/h4H,3,5,8H2,1-2H3;;;/t6-;;;/m0.../s1. The molecule has 1 aliphatic rings. The van der Waals surface area contributed by atoms with E-state index < -0.39 is 19.8 Å². The van der Waals surface area contributed by atoms with Crippen LogP contribution in [-0.4, -0.2) is 40.8 Å². The Hall–Kier alpha value is 1.18. The van der Waals surface area contributed by atoms with Crippen LogP contribution in [0.2, 0.25) is 0 Å². The second-order valence-corrected chi connectivity index (χ2v) is 9.85. The fourth-order valence-electron chi connectivity index (χ4n) is 1.03. The fourth-order valence-corrected chi connectivity index (χ4v) is 7.71. The van der Waals surface area contributed by atoms with Crippen molar-refractivity contribution in [3.63, 3.8) is 0 Å². The molecule has 0 aromatic rings. The summed E-state index contributed by atoms with van der Waals surface area (Å²) in [5.41, 5.74) is 6.08. The number of rotatable bonds is 0. The maximum absolute atomic E-state index is 6.06. The van der Waals surface area contributed by atoms with Crippen molar-refractivity contribution < 1.29 is 4.74 Å². The summed E-state index contributed by atoms with van der Waals surface area (Å²) in [6, 6.07) is 0. The summed E-state index contributed by atoms with van der Waals surface area (Å²) in [6.45, 7) is 2.14. The molecule has 0 radical (unpaired) electrons. The Morgan fingerprint density at radius 2 is 2.40 bits per heavy atom. The predicted octanol–water partition coefficient (Wildman–Crippen LogP) is -0.213. The van der Waals surface area contributed by atoms with Crippen molar-refractivity contribution in [3.8, 4) is 0 Å². The number of nitrogens with two attached hydrogens (primary N) is 1. The van der Waals surface area contributed by atoms with E-state index in [1.54, 1.807) is 0 Å². The molecule has 1 heterocycles. The Balaban J connectivity index is 2.55. The first kappa shape index (κ1) is 9.27. The molecule has 2 N–H and O–H groups in total. The Bertz CT molecular complexity index is 131. The van der Waals surface area contributed by atoms with Crippen molar-refractivity contribution in [2.75, 3.05) is 14.0 Å². The summed E-state index contributed by atoms with van der Waals surface area (Å²) in [5, 5.41) is 0. The van der Waals surface area contributed by atoms with E-state index in [1.165, 1.54) is 4.43 Å². The van der Waals surface area contributed by atoms with Crippen LogP contribution < -0.4 is 5.73 Å². The Morgan fingerprint density at radius 3 is 2.80 bits per heavy atom. The van der Waals surface area contributed by atoms with Crippen LogP contribution in [0.3, 0.4) is 0 Å². The number of halogens is 1. The van der Waals surface area contributed by atoms with Gasteiger partial charge in [0.05, 0.1) is 0 Å². The number of ether oxygens (including phenoxy) is 1. The molecule has 1 fully saturated rings. The SMILES string of the molecule is CI1CO[CH]([AlH2])[C@@](C)(N)C1. The third-order valence-electron chi connectivity index (χ3n) is 1.94. The molecular weight excluding hydrogens is 256 g/mol. The maximum atomic E-state index is 6.06. The monoisotopic (exact) mass is 271 g/mol. The molecule has 2 atom stereocenters. The van der Waals surface area contributed by atoms with Crippen LogP contribution in [0.5, 0.6) is 0 Å². The third kappa shape index (κ3) is 2.08.